The standard InChI is InChI=1S/C28H26FN5O5S/c1-2-39-28(37)32-26-21-15-18(9-12-23(21)40-33-26)30-25(20-5-3-4-6-22(20)29)27(36)31-17-7-10-19(11-8-17)34-13-14-38-16-24(34)35/h3-12,15,25,30H,2,13-14,16H2,1H3,(H,31,36)(H,32,33,37). The van der Waals surface area contributed by atoms with Gasteiger partial charge in [-0.3, -0.25) is 14.9 Å². The number of benzene rings is 3. The minimum absolute atomic E-state index is 0.0299. The van der Waals surface area contributed by atoms with Gasteiger partial charge in [0.2, 0.25) is 0 Å². The number of ether oxygens (including phenoxy) is 2. The van der Waals surface area contributed by atoms with Crippen LogP contribution in [0.15, 0.2) is 66.7 Å². The zero-order valence-electron chi connectivity index (χ0n) is 21.5. The van der Waals surface area contributed by atoms with Crippen molar-refractivity contribution < 1.29 is 28.2 Å². The van der Waals surface area contributed by atoms with E-state index in [1.165, 1.54) is 23.7 Å². The molecular formula is C28H26FN5O5S. The zero-order chi connectivity index (χ0) is 28.1. The van der Waals surface area contributed by atoms with Crippen molar-refractivity contribution in [2.45, 2.75) is 13.0 Å². The van der Waals surface area contributed by atoms with Crippen molar-refractivity contribution in [3.8, 4) is 0 Å². The molecule has 4 aromatic rings. The molecule has 0 saturated carbocycles. The predicted octanol–water partition coefficient (Wildman–Crippen LogP) is 5.16. The molecule has 12 heteroatoms. The SMILES string of the molecule is CCOC(=O)Nc1nsc2ccc(NC(C(=O)Nc3ccc(N4CCOCC4=O)cc3)c3ccccc3F)cc12. The summed E-state index contributed by atoms with van der Waals surface area (Å²) < 4.78 is 30.1. The van der Waals surface area contributed by atoms with Crippen LogP contribution in [0.5, 0.6) is 0 Å². The molecule has 1 fully saturated rings. The lowest BCUT2D eigenvalue weighted by molar-refractivity contribution is -0.125. The number of hydrogen-bond donors (Lipinski definition) is 3. The van der Waals surface area contributed by atoms with Gasteiger partial charge in [0.05, 0.1) is 17.9 Å². The Kier molecular flexibility index (Phi) is 8.18. The molecule has 1 unspecified atom stereocenters. The van der Waals surface area contributed by atoms with Gasteiger partial charge in [-0.05, 0) is 67.0 Å². The average molecular weight is 564 g/mol. The first-order valence-corrected chi connectivity index (χ1v) is 13.3. The Bertz CT molecular complexity index is 1540. The maximum absolute atomic E-state index is 14.9. The van der Waals surface area contributed by atoms with E-state index in [1.807, 2.05) is 0 Å². The predicted molar refractivity (Wildman–Crippen MR) is 151 cm³/mol. The molecule has 2 heterocycles. The van der Waals surface area contributed by atoms with Gasteiger partial charge in [-0.15, -0.1) is 0 Å². The molecule has 0 bridgehead atoms. The first-order chi connectivity index (χ1) is 19.4. The van der Waals surface area contributed by atoms with Crippen LogP contribution in [0, 0.1) is 5.82 Å². The second-order valence-corrected chi connectivity index (χ2v) is 9.63. The smallest absolute Gasteiger partial charge is 0.412 e. The first-order valence-electron chi connectivity index (χ1n) is 12.6. The van der Waals surface area contributed by atoms with E-state index in [1.54, 1.807) is 66.4 Å². The number of carbonyl (C=O) groups is 3. The van der Waals surface area contributed by atoms with Gasteiger partial charge in [0.25, 0.3) is 11.8 Å². The van der Waals surface area contributed by atoms with Crippen molar-refractivity contribution in [3.05, 3.63) is 78.1 Å². The molecule has 1 atom stereocenters. The monoisotopic (exact) mass is 563 g/mol. The highest BCUT2D eigenvalue weighted by Crippen LogP contribution is 2.32. The number of hydrogen-bond acceptors (Lipinski definition) is 8. The van der Waals surface area contributed by atoms with Crippen LogP contribution < -0.4 is 20.9 Å². The fourth-order valence-corrected chi connectivity index (χ4v) is 4.99. The fraction of sp³-hybridized carbons (Fsp3) is 0.214. The van der Waals surface area contributed by atoms with Crippen LogP contribution in [0.4, 0.5) is 32.1 Å². The largest absolute Gasteiger partial charge is 0.450 e. The van der Waals surface area contributed by atoms with Gasteiger partial charge < -0.3 is 25.0 Å². The van der Waals surface area contributed by atoms with E-state index in [2.05, 4.69) is 20.3 Å². The van der Waals surface area contributed by atoms with Crippen LogP contribution in [0.1, 0.15) is 18.5 Å². The van der Waals surface area contributed by atoms with Crippen molar-refractivity contribution in [1.29, 1.82) is 0 Å². The minimum atomic E-state index is -1.09. The van der Waals surface area contributed by atoms with Crippen LogP contribution in [0.25, 0.3) is 10.1 Å². The molecule has 1 aliphatic rings. The molecule has 0 radical (unpaired) electrons. The quantitative estimate of drug-likeness (QED) is 0.271. The summed E-state index contributed by atoms with van der Waals surface area (Å²) in [5.41, 5.74) is 1.85. The van der Waals surface area contributed by atoms with Crippen molar-refractivity contribution in [1.82, 2.24) is 4.37 Å². The Morgan fingerprint density at radius 3 is 2.62 bits per heavy atom. The summed E-state index contributed by atoms with van der Waals surface area (Å²) in [6.07, 6.45) is -0.624. The van der Waals surface area contributed by atoms with Gasteiger partial charge in [0.15, 0.2) is 5.82 Å². The maximum atomic E-state index is 14.9. The summed E-state index contributed by atoms with van der Waals surface area (Å²) in [6.45, 7) is 2.85. The first kappa shape index (κ1) is 27.0. The normalized spacial score (nSPS) is 14.1. The summed E-state index contributed by atoms with van der Waals surface area (Å²) in [5.74, 6) is -0.842. The molecule has 40 heavy (non-hydrogen) atoms. The lowest BCUT2D eigenvalue weighted by Crippen LogP contribution is -2.41. The van der Waals surface area contributed by atoms with Crippen molar-refractivity contribution >= 4 is 62.4 Å². The number of nitrogens with zero attached hydrogens (tertiary/aromatic N) is 2. The molecule has 10 nitrogen and oxygen atoms in total. The molecule has 1 aliphatic heterocycles. The maximum Gasteiger partial charge on any atom is 0.412 e. The zero-order valence-corrected chi connectivity index (χ0v) is 22.3. The van der Waals surface area contributed by atoms with Gasteiger partial charge in [-0.2, -0.15) is 4.37 Å². The Morgan fingerprint density at radius 2 is 1.88 bits per heavy atom. The van der Waals surface area contributed by atoms with Gasteiger partial charge in [0, 0.05) is 34.6 Å². The van der Waals surface area contributed by atoms with Gasteiger partial charge >= 0.3 is 6.09 Å². The molecule has 3 aromatic carbocycles. The molecule has 3 N–H and O–H groups in total. The van der Waals surface area contributed by atoms with Crippen LogP contribution >= 0.6 is 11.5 Å². The highest BCUT2D eigenvalue weighted by Gasteiger charge is 2.25. The summed E-state index contributed by atoms with van der Waals surface area (Å²) in [7, 11) is 0. The number of halogens is 1. The van der Waals surface area contributed by atoms with Crippen LogP contribution in [-0.4, -0.2) is 48.6 Å². The van der Waals surface area contributed by atoms with Gasteiger partial charge in [-0.1, -0.05) is 18.2 Å². The summed E-state index contributed by atoms with van der Waals surface area (Å²) in [6, 6.07) is 17.1. The highest BCUT2D eigenvalue weighted by atomic mass is 32.1. The van der Waals surface area contributed by atoms with E-state index >= 15 is 0 Å². The average Bonchev–Trinajstić information content (AvgIpc) is 3.35. The number of aromatic nitrogens is 1. The van der Waals surface area contributed by atoms with E-state index in [0.717, 1.165) is 4.70 Å². The summed E-state index contributed by atoms with van der Waals surface area (Å²) in [5, 5.41) is 9.22. The Morgan fingerprint density at radius 1 is 1.10 bits per heavy atom. The molecular weight excluding hydrogens is 537 g/mol. The number of morpholine rings is 1. The third-order valence-electron chi connectivity index (χ3n) is 6.19. The summed E-state index contributed by atoms with van der Waals surface area (Å²) in [4.78, 5) is 39.2. The third kappa shape index (κ3) is 6.03. The number of nitrogens with one attached hydrogen (secondary N) is 3. The van der Waals surface area contributed by atoms with E-state index in [0.29, 0.717) is 41.4 Å². The van der Waals surface area contributed by atoms with Gasteiger partial charge in [0.1, 0.15) is 18.5 Å². The fourth-order valence-electron chi connectivity index (χ4n) is 4.27. The molecule has 5 rings (SSSR count). The Hall–Kier alpha value is -4.55. The topological polar surface area (TPSA) is 122 Å². The molecule has 0 spiro atoms. The summed E-state index contributed by atoms with van der Waals surface area (Å²) >= 11 is 1.20. The second-order valence-electron chi connectivity index (χ2n) is 8.82. The van der Waals surface area contributed by atoms with E-state index in [9.17, 15) is 18.8 Å². The number of amides is 3. The minimum Gasteiger partial charge on any atom is -0.450 e. The highest BCUT2D eigenvalue weighted by molar-refractivity contribution is 7.13. The number of rotatable bonds is 8. The molecule has 0 aliphatic carbocycles. The van der Waals surface area contributed by atoms with Crippen molar-refractivity contribution in [2.24, 2.45) is 0 Å². The Balaban J connectivity index is 1.38. The van der Waals surface area contributed by atoms with Crippen LogP contribution in [-0.2, 0) is 19.1 Å². The molecule has 206 valence electrons. The van der Waals surface area contributed by atoms with E-state index < -0.39 is 23.9 Å². The molecule has 1 aromatic heterocycles. The van der Waals surface area contributed by atoms with E-state index in [-0.39, 0.29) is 24.7 Å². The molecule has 3 amide bonds. The Labute approximate surface area is 233 Å². The van der Waals surface area contributed by atoms with Crippen molar-refractivity contribution in [2.75, 3.05) is 47.2 Å². The number of carbonyl (C=O) groups excluding carboxylic acids is 3. The van der Waals surface area contributed by atoms with Gasteiger partial charge in [-0.25, -0.2) is 9.18 Å². The second kappa shape index (κ2) is 12.1. The number of fused-ring (bicyclic) bond motifs is 1. The lowest BCUT2D eigenvalue weighted by Gasteiger charge is -2.27. The number of anilines is 4. The van der Waals surface area contributed by atoms with Crippen molar-refractivity contribution in [3.63, 3.8) is 0 Å². The van der Waals surface area contributed by atoms with E-state index in [4.69, 9.17) is 9.47 Å². The molecule has 1 saturated heterocycles. The van der Waals surface area contributed by atoms with Crippen LogP contribution in [0.3, 0.4) is 0 Å². The van der Waals surface area contributed by atoms with Crippen LogP contribution in [0.2, 0.25) is 0 Å². The lowest BCUT2D eigenvalue weighted by atomic mass is 10.0. The third-order valence-corrected chi connectivity index (χ3v) is 7.01.